The fourth-order valence-electron chi connectivity index (χ4n) is 1.61. The van der Waals surface area contributed by atoms with Gasteiger partial charge in [-0.2, -0.15) is 5.10 Å². The van der Waals surface area contributed by atoms with E-state index in [1.54, 1.807) is 7.05 Å². The lowest BCUT2D eigenvalue weighted by atomic mass is 10.1. The molecule has 0 aromatic carbocycles. The topological polar surface area (TPSA) is 99.0 Å². The molecule has 7 heteroatoms. The second kappa shape index (κ2) is 4.93. The highest BCUT2D eigenvalue weighted by Crippen LogP contribution is 2.34. The first kappa shape index (κ1) is 14.4. The van der Waals surface area contributed by atoms with E-state index in [4.69, 9.17) is 5.73 Å². The van der Waals surface area contributed by atoms with E-state index in [1.807, 2.05) is 27.7 Å². The van der Waals surface area contributed by atoms with Gasteiger partial charge in [-0.05, 0) is 13.8 Å². The molecule has 0 unspecified atom stereocenters. The quantitative estimate of drug-likeness (QED) is 0.615. The van der Waals surface area contributed by atoms with E-state index in [1.165, 1.54) is 4.68 Å². The third-order valence-corrected chi connectivity index (χ3v) is 2.74. The smallest absolute Gasteiger partial charge is 0.334 e. The number of hydrogen-bond donors (Lipinski definition) is 2. The average molecular weight is 255 g/mol. The largest absolute Gasteiger partial charge is 0.358 e. The van der Waals surface area contributed by atoms with Gasteiger partial charge in [0.15, 0.2) is 0 Å². The predicted octanol–water partition coefficient (Wildman–Crippen LogP) is 1.60. The van der Waals surface area contributed by atoms with Crippen molar-refractivity contribution >= 4 is 11.5 Å². The molecule has 0 atom stereocenters. The van der Waals surface area contributed by atoms with Gasteiger partial charge in [-0.1, -0.05) is 13.8 Å². The van der Waals surface area contributed by atoms with Crippen molar-refractivity contribution < 1.29 is 4.92 Å². The maximum atomic E-state index is 11.2. The van der Waals surface area contributed by atoms with Crippen LogP contribution in [0, 0.1) is 10.1 Å². The van der Waals surface area contributed by atoms with E-state index in [0.717, 1.165) is 0 Å². The molecule has 0 aliphatic heterocycles. The van der Waals surface area contributed by atoms with Gasteiger partial charge in [0.2, 0.25) is 5.82 Å². The van der Waals surface area contributed by atoms with Crippen LogP contribution in [0.5, 0.6) is 0 Å². The number of aromatic nitrogens is 2. The van der Waals surface area contributed by atoms with Gasteiger partial charge in [0, 0.05) is 25.0 Å². The number of hydrogen-bond acceptors (Lipinski definition) is 5. The summed E-state index contributed by atoms with van der Waals surface area (Å²) in [6, 6.07) is 0. The molecule has 18 heavy (non-hydrogen) atoms. The molecule has 0 radical (unpaired) electrons. The molecule has 0 saturated heterocycles. The Balaban J connectivity index is 3.30. The second-order valence-electron chi connectivity index (χ2n) is 5.33. The minimum Gasteiger partial charge on any atom is -0.358 e. The molecule has 1 aromatic heterocycles. The van der Waals surface area contributed by atoms with Crippen LogP contribution in [0.25, 0.3) is 0 Å². The first-order valence-corrected chi connectivity index (χ1v) is 5.89. The fraction of sp³-hybridized carbons (Fsp3) is 0.727. The summed E-state index contributed by atoms with van der Waals surface area (Å²) in [6.07, 6.45) is 0. The molecule has 0 amide bonds. The molecule has 102 valence electrons. The van der Waals surface area contributed by atoms with Crippen LogP contribution in [-0.2, 0) is 7.05 Å². The molecule has 0 saturated carbocycles. The molecule has 3 N–H and O–H groups in total. The van der Waals surface area contributed by atoms with Crippen LogP contribution >= 0.6 is 0 Å². The standard InChI is InChI=1S/C11H21N5O2/c1-7(2)8-9(16(17)18)10(15(5)14-8)13-11(3,4)6-12/h7,13H,6,12H2,1-5H3. The first-order valence-electron chi connectivity index (χ1n) is 5.89. The lowest BCUT2D eigenvalue weighted by Crippen LogP contribution is -2.40. The van der Waals surface area contributed by atoms with Crippen LogP contribution in [0.1, 0.15) is 39.3 Å². The molecule has 1 rings (SSSR count). The van der Waals surface area contributed by atoms with Crippen molar-refractivity contribution in [2.75, 3.05) is 11.9 Å². The van der Waals surface area contributed by atoms with Gasteiger partial charge in [0.1, 0.15) is 5.69 Å². The van der Waals surface area contributed by atoms with E-state index in [0.29, 0.717) is 18.1 Å². The van der Waals surface area contributed by atoms with Crippen LogP contribution < -0.4 is 11.1 Å². The summed E-state index contributed by atoms with van der Waals surface area (Å²) in [6.45, 7) is 7.91. The Morgan fingerprint density at radius 2 is 2.11 bits per heavy atom. The molecule has 1 aromatic rings. The second-order valence-corrected chi connectivity index (χ2v) is 5.33. The summed E-state index contributed by atoms with van der Waals surface area (Å²) < 4.78 is 1.50. The van der Waals surface area contributed by atoms with Crippen LogP contribution in [0.4, 0.5) is 11.5 Å². The molecule has 0 spiro atoms. The molecular weight excluding hydrogens is 234 g/mol. The highest BCUT2D eigenvalue weighted by Gasteiger charge is 2.31. The van der Waals surface area contributed by atoms with Gasteiger partial charge in [0.05, 0.1) is 4.92 Å². The Morgan fingerprint density at radius 3 is 2.50 bits per heavy atom. The van der Waals surface area contributed by atoms with E-state index in [9.17, 15) is 10.1 Å². The molecule has 0 bridgehead atoms. The van der Waals surface area contributed by atoms with Crippen molar-refractivity contribution in [2.45, 2.75) is 39.2 Å². The van der Waals surface area contributed by atoms with Crippen molar-refractivity contribution in [3.8, 4) is 0 Å². The summed E-state index contributed by atoms with van der Waals surface area (Å²) >= 11 is 0. The van der Waals surface area contributed by atoms with E-state index >= 15 is 0 Å². The summed E-state index contributed by atoms with van der Waals surface area (Å²) in [5, 5.41) is 18.5. The highest BCUT2D eigenvalue weighted by atomic mass is 16.6. The van der Waals surface area contributed by atoms with Crippen LogP contribution in [-0.4, -0.2) is 26.8 Å². The third-order valence-electron chi connectivity index (χ3n) is 2.74. The SMILES string of the molecule is CC(C)c1nn(C)c(NC(C)(C)CN)c1[N+](=O)[O-]. The summed E-state index contributed by atoms with van der Waals surface area (Å²) in [4.78, 5) is 10.8. The fourth-order valence-corrected chi connectivity index (χ4v) is 1.61. The molecular formula is C11H21N5O2. The third kappa shape index (κ3) is 2.79. The minimum atomic E-state index is -0.424. The van der Waals surface area contributed by atoms with Crippen molar-refractivity contribution in [3.05, 3.63) is 15.8 Å². The summed E-state index contributed by atoms with van der Waals surface area (Å²) in [7, 11) is 1.69. The Hall–Kier alpha value is -1.63. The summed E-state index contributed by atoms with van der Waals surface area (Å²) in [5.41, 5.74) is 5.73. The number of nitrogens with one attached hydrogen (secondary N) is 1. The molecule has 0 aliphatic rings. The zero-order valence-electron chi connectivity index (χ0n) is 11.5. The van der Waals surface area contributed by atoms with Gasteiger partial charge in [-0.15, -0.1) is 0 Å². The predicted molar refractivity (Wildman–Crippen MR) is 70.7 cm³/mol. The van der Waals surface area contributed by atoms with Gasteiger partial charge < -0.3 is 11.1 Å². The molecule has 0 fully saturated rings. The van der Waals surface area contributed by atoms with Gasteiger partial charge >= 0.3 is 5.69 Å². The number of nitrogens with zero attached hydrogens (tertiary/aromatic N) is 3. The summed E-state index contributed by atoms with van der Waals surface area (Å²) in [5.74, 6) is 0.396. The van der Waals surface area contributed by atoms with Crippen molar-refractivity contribution in [2.24, 2.45) is 12.8 Å². The molecule has 7 nitrogen and oxygen atoms in total. The lowest BCUT2D eigenvalue weighted by Gasteiger charge is -2.24. The number of anilines is 1. The van der Waals surface area contributed by atoms with E-state index < -0.39 is 10.5 Å². The maximum absolute atomic E-state index is 11.2. The maximum Gasteiger partial charge on any atom is 0.334 e. The Labute approximate surface area is 107 Å². The van der Waals surface area contributed by atoms with Crippen LogP contribution in [0.2, 0.25) is 0 Å². The minimum absolute atomic E-state index is 0.00635. The van der Waals surface area contributed by atoms with Crippen LogP contribution in [0.15, 0.2) is 0 Å². The van der Waals surface area contributed by atoms with Gasteiger partial charge in [0.25, 0.3) is 0 Å². The lowest BCUT2D eigenvalue weighted by molar-refractivity contribution is -0.384. The number of aryl methyl sites for hydroxylation is 1. The number of nitro groups is 1. The Kier molecular flexibility index (Phi) is 3.95. The Bertz CT molecular complexity index is 451. The zero-order chi connectivity index (χ0) is 14.1. The highest BCUT2D eigenvalue weighted by molar-refractivity contribution is 5.61. The van der Waals surface area contributed by atoms with Crippen molar-refractivity contribution in [1.29, 1.82) is 0 Å². The number of rotatable bonds is 5. The van der Waals surface area contributed by atoms with E-state index in [2.05, 4.69) is 10.4 Å². The molecule has 1 heterocycles. The number of nitrogens with two attached hydrogens (primary N) is 1. The first-order chi connectivity index (χ1) is 8.19. The average Bonchev–Trinajstić information content (AvgIpc) is 2.56. The van der Waals surface area contributed by atoms with Crippen molar-refractivity contribution in [1.82, 2.24) is 9.78 Å². The monoisotopic (exact) mass is 255 g/mol. The zero-order valence-corrected chi connectivity index (χ0v) is 11.5. The normalized spacial score (nSPS) is 11.9. The Morgan fingerprint density at radius 1 is 1.56 bits per heavy atom. The van der Waals surface area contributed by atoms with Crippen LogP contribution in [0.3, 0.4) is 0 Å². The van der Waals surface area contributed by atoms with Gasteiger partial charge in [-0.3, -0.25) is 10.1 Å². The molecule has 0 aliphatic carbocycles. The van der Waals surface area contributed by atoms with Crippen molar-refractivity contribution in [3.63, 3.8) is 0 Å². The van der Waals surface area contributed by atoms with Gasteiger partial charge in [-0.25, -0.2) is 4.68 Å². The van der Waals surface area contributed by atoms with E-state index in [-0.39, 0.29) is 11.6 Å².